The third kappa shape index (κ3) is 5.15. The van der Waals surface area contributed by atoms with Crippen LogP contribution in [0.15, 0.2) is 47.4 Å². The summed E-state index contributed by atoms with van der Waals surface area (Å²) in [4.78, 5) is 24.9. The van der Waals surface area contributed by atoms with E-state index in [1.807, 2.05) is 11.8 Å². The van der Waals surface area contributed by atoms with Crippen molar-refractivity contribution in [3.05, 3.63) is 63.7 Å². The van der Waals surface area contributed by atoms with Crippen LogP contribution in [0.1, 0.15) is 42.1 Å². The first kappa shape index (κ1) is 21.8. The van der Waals surface area contributed by atoms with Crippen LogP contribution in [-0.2, 0) is 10.0 Å². The fraction of sp³-hybridized carbons (Fsp3) is 0.381. The number of amides is 1. The third-order valence-electron chi connectivity index (χ3n) is 5.03. The minimum absolute atomic E-state index is 0.0627. The number of nitrogens with one attached hydrogen (secondary N) is 1. The van der Waals surface area contributed by atoms with Crippen LogP contribution in [0.25, 0.3) is 0 Å². The Balaban J connectivity index is 1.75. The quantitative estimate of drug-likeness (QED) is 0.477. The van der Waals surface area contributed by atoms with Gasteiger partial charge in [-0.1, -0.05) is 13.0 Å². The zero-order valence-electron chi connectivity index (χ0n) is 17.0. The van der Waals surface area contributed by atoms with Gasteiger partial charge in [0.25, 0.3) is 21.6 Å². The third-order valence-corrected chi connectivity index (χ3v) is 6.41. The van der Waals surface area contributed by atoms with E-state index in [1.54, 1.807) is 19.1 Å². The number of hydrogen-bond acceptors (Lipinski definition) is 5. The van der Waals surface area contributed by atoms with Gasteiger partial charge >= 0.3 is 0 Å². The standard InChI is InChI=1S/C21H25N3O5S/c1-3-12-23(14-16-5-6-16)21(25)17-7-9-18(10-8-17)22-30(28,29)19-11-4-15(2)20(13-19)24(26)27/h4,7-11,13,16,22H,3,5-6,12,14H2,1-2H3. The summed E-state index contributed by atoms with van der Waals surface area (Å²) in [5, 5.41) is 11.1. The molecule has 8 nitrogen and oxygen atoms in total. The summed E-state index contributed by atoms with van der Waals surface area (Å²) in [6.45, 7) is 5.02. The van der Waals surface area contributed by atoms with Crippen molar-refractivity contribution in [2.75, 3.05) is 17.8 Å². The van der Waals surface area contributed by atoms with E-state index in [0.717, 1.165) is 31.9 Å². The summed E-state index contributed by atoms with van der Waals surface area (Å²) in [6.07, 6.45) is 3.19. The molecule has 0 aliphatic heterocycles. The molecule has 30 heavy (non-hydrogen) atoms. The van der Waals surface area contributed by atoms with Gasteiger partial charge < -0.3 is 4.90 Å². The number of rotatable bonds is 9. The second-order valence-corrected chi connectivity index (χ2v) is 9.27. The molecule has 1 aliphatic carbocycles. The first-order valence-electron chi connectivity index (χ1n) is 9.88. The summed E-state index contributed by atoms with van der Waals surface area (Å²) in [6, 6.07) is 9.99. The molecule has 0 atom stereocenters. The number of hydrogen-bond donors (Lipinski definition) is 1. The molecule has 1 amide bonds. The number of anilines is 1. The van der Waals surface area contributed by atoms with Crippen molar-refractivity contribution in [3.63, 3.8) is 0 Å². The molecule has 0 spiro atoms. The zero-order chi connectivity index (χ0) is 21.9. The van der Waals surface area contributed by atoms with Crippen LogP contribution in [-0.4, -0.2) is 37.2 Å². The summed E-state index contributed by atoms with van der Waals surface area (Å²) >= 11 is 0. The van der Waals surface area contributed by atoms with E-state index in [1.165, 1.54) is 24.3 Å². The van der Waals surface area contributed by atoms with Crippen molar-refractivity contribution in [2.24, 2.45) is 5.92 Å². The topological polar surface area (TPSA) is 110 Å². The van der Waals surface area contributed by atoms with Crippen LogP contribution < -0.4 is 4.72 Å². The van der Waals surface area contributed by atoms with Crippen molar-refractivity contribution in [3.8, 4) is 0 Å². The minimum Gasteiger partial charge on any atom is -0.338 e. The maximum atomic E-state index is 12.8. The predicted octanol–water partition coefficient (Wildman–Crippen LogP) is 3.97. The molecule has 0 heterocycles. The summed E-state index contributed by atoms with van der Waals surface area (Å²) in [5.74, 6) is 0.525. The van der Waals surface area contributed by atoms with E-state index in [0.29, 0.717) is 23.6 Å². The van der Waals surface area contributed by atoms with Gasteiger partial charge in [0.2, 0.25) is 0 Å². The maximum absolute atomic E-state index is 12.8. The van der Waals surface area contributed by atoms with Gasteiger partial charge in [0, 0.05) is 36.0 Å². The molecule has 0 bridgehead atoms. The predicted molar refractivity (Wildman–Crippen MR) is 114 cm³/mol. The van der Waals surface area contributed by atoms with Gasteiger partial charge in [-0.15, -0.1) is 0 Å². The maximum Gasteiger partial charge on any atom is 0.273 e. The van der Waals surface area contributed by atoms with Gasteiger partial charge in [-0.3, -0.25) is 19.6 Å². The second-order valence-electron chi connectivity index (χ2n) is 7.58. The average Bonchev–Trinajstić information content (AvgIpc) is 3.51. The Bertz CT molecular complexity index is 1050. The highest BCUT2D eigenvalue weighted by molar-refractivity contribution is 7.92. The Morgan fingerprint density at radius 3 is 2.43 bits per heavy atom. The monoisotopic (exact) mass is 431 g/mol. The SMILES string of the molecule is CCCN(CC1CC1)C(=O)c1ccc(NS(=O)(=O)c2ccc(C)c([N+](=O)[O-])c2)cc1. The molecule has 1 N–H and O–H groups in total. The molecule has 9 heteroatoms. The Labute approximate surface area is 176 Å². The highest BCUT2D eigenvalue weighted by atomic mass is 32.2. The molecule has 0 saturated heterocycles. The van der Waals surface area contributed by atoms with Crippen LogP contribution in [0, 0.1) is 23.0 Å². The van der Waals surface area contributed by atoms with Crippen molar-refractivity contribution < 1.29 is 18.1 Å². The first-order valence-corrected chi connectivity index (χ1v) is 11.4. The van der Waals surface area contributed by atoms with E-state index in [-0.39, 0.29) is 22.2 Å². The molecular formula is C21H25N3O5S. The number of nitro benzene ring substituents is 1. The fourth-order valence-corrected chi connectivity index (χ4v) is 4.27. The molecule has 2 aromatic carbocycles. The lowest BCUT2D eigenvalue weighted by Crippen LogP contribution is -2.33. The largest absolute Gasteiger partial charge is 0.338 e. The summed E-state index contributed by atoms with van der Waals surface area (Å²) in [5.41, 5.74) is 0.896. The van der Waals surface area contributed by atoms with E-state index in [2.05, 4.69) is 4.72 Å². The van der Waals surface area contributed by atoms with Crippen molar-refractivity contribution in [2.45, 2.75) is 38.0 Å². The number of aryl methyl sites for hydroxylation is 1. The number of carbonyl (C=O) groups excluding carboxylic acids is 1. The minimum atomic E-state index is -4.00. The molecule has 160 valence electrons. The number of nitrogens with zero attached hydrogens (tertiary/aromatic N) is 2. The van der Waals surface area contributed by atoms with E-state index < -0.39 is 14.9 Å². The number of sulfonamides is 1. The van der Waals surface area contributed by atoms with Crippen LogP contribution in [0.4, 0.5) is 11.4 Å². The van der Waals surface area contributed by atoms with Crippen LogP contribution in [0.2, 0.25) is 0 Å². The van der Waals surface area contributed by atoms with Gasteiger partial charge in [0.1, 0.15) is 0 Å². The second kappa shape index (κ2) is 8.83. The molecule has 1 aliphatic rings. The molecule has 0 aromatic heterocycles. The van der Waals surface area contributed by atoms with Gasteiger partial charge in [-0.25, -0.2) is 8.42 Å². The zero-order valence-corrected chi connectivity index (χ0v) is 17.8. The average molecular weight is 432 g/mol. The fourth-order valence-electron chi connectivity index (χ4n) is 3.19. The lowest BCUT2D eigenvalue weighted by Gasteiger charge is -2.22. The highest BCUT2D eigenvalue weighted by Crippen LogP contribution is 2.30. The molecule has 0 radical (unpaired) electrons. The smallest absolute Gasteiger partial charge is 0.273 e. The normalized spacial score (nSPS) is 13.7. The number of benzene rings is 2. The van der Waals surface area contributed by atoms with Crippen molar-refractivity contribution in [1.29, 1.82) is 0 Å². The Morgan fingerprint density at radius 1 is 1.20 bits per heavy atom. The van der Waals surface area contributed by atoms with E-state index in [4.69, 9.17) is 0 Å². The Morgan fingerprint density at radius 2 is 1.87 bits per heavy atom. The molecule has 1 fully saturated rings. The van der Waals surface area contributed by atoms with Crippen LogP contribution >= 0.6 is 0 Å². The molecular weight excluding hydrogens is 406 g/mol. The Hall–Kier alpha value is -2.94. The summed E-state index contributed by atoms with van der Waals surface area (Å²) < 4.78 is 27.6. The Kier molecular flexibility index (Phi) is 6.40. The highest BCUT2D eigenvalue weighted by Gasteiger charge is 2.27. The molecule has 2 aromatic rings. The van der Waals surface area contributed by atoms with Gasteiger partial charge in [0.05, 0.1) is 9.82 Å². The van der Waals surface area contributed by atoms with Crippen molar-refractivity contribution >= 4 is 27.3 Å². The molecule has 1 saturated carbocycles. The van der Waals surface area contributed by atoms with Gasteiger partial charge in [-0.05, 0) is 62.4 Å². The lowest BCUT2D eigenvalue weighted by molar-refractivity contribution is -0.385. The van der Waals surface area contributed by atoms with E-state index in [9.17, 15) is 23.3 Å². The van der Waals surface area contributed by atoms with Crippen LogP contribution in [0.5, 0.6) is 0 Å². The number of nitro groups is 1. The van der Waals surface area contributed by atoms with Crippen molar-refractivity contribution in [1.82, 2.24) is 4.90 Å². The van der Waals surface area contributed by atoms with Gasteiger partial charge in [-0.2, -0.15) is 0 Å². The van der Waals surface area contributed by atoms with Crippen LogP contribution in [0.3, 0.4) is 0 Å². The number of carbonyl (C=O) groups is 1. The van der Waals surface area contributed by atoms with E-state index >= 15 is 0 Å². The lowest BCUT2D eigenvalue weighted by atomic mass is 10.1. The van der Waals surface area contributed by atoms with Gasteiger partial charge in [0.15, 0.2) is 0 Å². The molecule has 3 rings (SSSR count). The summed E-state index contributed by atoms with van der Waals surface area (Å²) in [7, 11) is -4.00. The molecule has 0 unspecified atom stereocenters. The first-order chi connectivity index (χ1) is 14.2.